The molecule has 0 bridgehead atoms. The van der Waals surface area contributed by atoms with Crippen LogP contribution in [0, 0.1) is 0 Å². The Hall–Kier alpha value is -1.67. The third-order valence-corrected chi connectivity index (χ3v) is 5.91. The number of aliphatic hydroxyl groups excluding tert-OH is 2. The zero-order valence-corrected chi connectivity index (χ0v) is 22.3. The molecule has 0 saturated carbocycles. The van der Waals surface area contributed by atoms with Crippen LogP contribution in [0.4, 0.5) is 0 Å². The van der Waals surface area contributed by atoms with Gasteiger partial charge in [0.25, 0.3) is 0 Å². The highest BCUT2D eigenvalue weighted by Gasteiger charge is 2.21. The molecule has 0 fully saturated rings. The van der Waals surface area contributed by atoms with Gasteiger partial charge in [0.2, 0.25) is 0 Å². The number of ether oxygens (including phenoxy) is 3. The zero-order valence-electron chi connectivity index (χ0n) is 22.3. The van der Waals surface area contributed by atoms with E-state index in [1.165, 1.54) is 65.2 Å². The van der Waals surface area contributed by atoms with Crippen LogP contribution in [0.15, 0.2) is 0 Å². The van der Waals surface area contributed by atoms with E-state index in [-0.39, 0.29) is 19.1 Å². The van der Waals surface area contributed by atoms with E-state index in [9.17, 15) is 24.6 Å². The molecule has 0 spiro atoms. The van der Waals surface area contributed by atoms with Crippen molar-refractivity contribution in [3.05, 3.63) is 0 Å². The van der Waals surface area contributed by atoms with Crippen LogP contribution < -0.4 is 0 Å². The van der Waals surface area contributed by atoms with Gasteiger partial charge in [-0.2, -0.15) is 0 Å². The minimum absolute atomic E-state index is 0.142. The van der Waals surface area contributed by atoms with Gasteiger partial charge in [0.15, 0.2) is 6.10 Å². The summed E-state index contributed by atoms with van der Waals surface area (Å²) in [5, 5.41) is 19.5. The van der Waals surface area contributed by atoms with E-state index in [1.807, 2.05) is 0 Å². The highest BCUT2D eigenvalue weighted by molar-refractivity contribution is 5.71. The first kappa shape index (κ1) is 33.3. The largest absolute Gasteiger partial charge is 0.462 e. The summed E-state index contributed by atoms with van der Waals surface area (Å²) < 4.78 is 15.1. The van der Waals surface area contributed by atoms with E-state index in [4.69, 9.17) is 14.2 Å². The molecule has 0 amide bonds. The smallest absolute Gasteiger partial charge is 0.310 e. The van der Waals surface area contributed by atoms with Crippen molar-refractivity contribution in [2.75, 3.05) is 13.2 Å². The molecule has 0 aromatic rings. The molecule has 0 saturated heterocycles. The number of hydrogen-bond donors (Lipinski definition) is 2. The standard InChI is InChI=1S/C27H50O8/c1-4-5-6-7-8-9-10-11-12-13-16-24(31)17-14-15-18-25(34-23(3)30)19-27(32)35-26(20-28)21-33-22(2)29/h24-26,28,31H,4-21H2,1-3H3/t24-,25-,26+/m1/s1. The Morgan fingerprint density at radius 1 is 0.686 bits per heavy atom. The van der Waals surface area contributed by atoms with Crippen molar-refractivity contribution in [2.24, 2.45) is 0 Å². The van der Waals surface area contributed by atoms with Gasteiger partial charge in [-0.05, 0) is 25.7 Å². The molecular weight excluding hydrogens is 452 g/mol. The first-order chi connectivity index (χ1) is 16.8. The summed E-state index contributed by atoms with van der Waals surface area (Å²) in [5.41, 5.74) is 0. The van der Waals surface area contributed by atoms with Crippen molar-refractivity contribution in [3.8, 4) is 0 Å². The second kappa shape index (κ2) is 22.8. The predicted octanol–water partition coefficient (Wildman–Crippen LogP) is 5.01. The molecule has 0 aliphatic heterocycles. The van der Waals surface area contributed by atoms with Crippen molar-refractivity contribution in [3.63, 3.8) is 0 Å². The highest BCUT2D eigenvalue weighted by Crippen LogP contribution is 2.16. The van der Waals surface area contributed by atoms with Crippen LogP contribution in [0.3, 0.4) is 0 Å². The van der Waals surface area contributed by atoms with Crippen LogP contribution in [0.5, 0.6) is 0 Å². The molecule has 8 nitrogen and oxygen atoms in total. The second-order valence-electron chi connectivity index (χ2n) is 9.44. The van der Waals surface area contributed by atoms with Crippen LogP contribution in [0.25, 0.3) is 0 Å². The number of carbonyl (C=O) groups is 3. The van der Waals surface area contributed by atoms with Crippen LogP contribution in [-0.2, 0) is 28.6 Å². The van der Waals surface area contributed by atoms with Crippen molar-refractivity contribution in [1.29, 1.82) is 0 Å². The number of rotatable bonds is 23. The number of hydrogen-bond acceptors (Lipinski definition) is 8. The Kier molecular flexibility index (Phi) is 21.7. The third-order valence-electron chi connectivity index (χ3n) is 5.91. The first-order valence-corrected chi connectivity index (χ1v) is 13.6. The summed E-state index contributed by atoms with van der Waals surface area (Å²) in [4.78, 5) is 34.4. The van der Waals surface area contributed by atoms with Crippen molar-refractivity contribution < 1.29 is 38.8 Å². The van der Waals surface area contributed by atoms with E-state index < -0.39 is 36.7 Å². The van der Waals surface area contributed by atoms with E-state index in [0.29, 0.717) is 19.3 Å². The summed E-state index contributed by atoms with van der Waals surface area (Å²) in [6.45, 7) is 4.04. The summed E-state index contributed by atoms with van der Waals surface area (Å²) in [5.74, 6) is -1.65. The average molecular weight is 503 g/mol. The normalized spacial score (nSPS) is 13.6. The molecule has 3 atom stereocenters. The predicted molar refractivity (Wildman–Crippen MR) is 135 cm³/mol. The molecule has 0 radical (unpaired) electrons. The molecule has 0 aromatic carbocycles. The monoisotopic (exact) mass is 502 g/mol. The van der Waals surface area contributed by atoms with E-state index in [2.05, 4.69) is 6.92 Å². The van der Waals surface area contributed by atoms with Gasteiger partial charge in [0, 0.05) is 13.8 Å². The average Bonchev–Trinajstić information content (AvgIpc) is 2.80. The lowest BCUT2D eigenvalue weighted by Crippen LogP contribution is -2.30. The SMILES string of the molecule is CCCCCCCCCCCC[C@@H](O)CCCC[C@H](CC(=O)O[C@@H](CO)COC(C)=O)OC(C)=O. The van der Waals surface area contributed by atoms with Gasteiger partial charge < -0.3 is 24.4 Å². The number of carbonyl (C=O) groups excluding carboxylic acids is 3. The fraction of sp³-hybridized carbons (Fsp3) is 0.889. The van der Waals surface area contributed by atoms with E-state index >= 15 is 0 Å². The minimum Gasteiger partial charge on any atom is -0.462 e. The van der Waals surface area contributed by atoms with Gasteiger partial charge >= 0.3 is 17.9 Å². The molecule has 0 aliphatic rings. The highest BCUT2D eigenvalue weighted by atomic mass is 16.6. The Balaban J connectivity index is 4.00. The van der Waals surface area contributed by atoms with Crippen LogP contribution in [-0.4, -0.2) is 59.6 Å². The Morgan fingerprint density at radius 2 is 1.20 bits per heavy atom. The van der Waals surface area contributed by atoms with Crippen molar-refractivity contribution >= 4 is 17.9 Å². The third kappa shape index (κ3) is 22.5. The first-order valence-electron chi connectivity index (χ1n) is 13.6. The lowest BCUT2D eigenvalue weighted by molar-refractivity contribution is -0.164. The Morgan fingerprint density at radius 3 is 1.71 bits per heavy atom. The topological polar surface area (TPSA) is 119 Å². The second-order valence-corrected chi connectivity index (χ2v) is 9.44. The molecule has 0 heterocycles. The molecular formula is C27H50O8. The number of esters is 3. The van der Waals surface area contributed by atoms with Gasteiger partial charge in [0.05, 0.1) is 19.1 Å². The number of aliphatic hydroxyl groups is 2. The Bertz CT molecular complexity index is 551. The van der Waals surface area contributed by atoms with Gasteiger partial charge in [-0.15, -0.1) is 0 Å². The Labute approximate surface area is 212 Å². The summed E-state index contributed by atoms with van der Waals surface area (Å²) >= 11 is 0. The summed E-state index contributed by atoms with van der Waals surface area (Å²) in [7, 11) is 0. The maximum absolute atomic E-state index is 12.2. The summed E-state index contributed by atoms with van der Waals surface area (Å²) in [6.07, 6.45) is 14.1. The van der Waals surface area contributed by atoms with E-state index in [1.54, 1.807) is 0 Å². The zero-order chi connectivity index (χ0) is 26.3. The molecule has 8 heteroatoms. The van der Waals surface area contributed by atoms with Crippen LogP contribution in [0.1, 0.15) is 124 Å². The van der Waals surface area contributed by atoms with E-state index in [0.717, 1.165) is 25.7 Å². The maximum atomic E-state index is 12.2. The number of unbranched alkanes of at least 4 members (excludes halogenated alkanes) is 10. The quantitative estimate of drug-likeness (QED) is 0.114. The van der Waals surface area contributed by atoms with Gasteiger partial charge in [-0.1, -0.05) is 77.6 Å². The molecule has 2 N–H and O–H groups in total. The fourth-order valence-electron chi connectivity index (χ4n) is 3.96. The van der Waals surface area contributed by atoms with Crippen LogP contribution >= 0.6 is 0 Å². The van der Waals surface area contributed by atoms with Crippen molar-refractivity contribution in [1.82, 2.24) is 0 Å². The fourth-order valence-corrected chi connectivity index (χ4v) is 3.96. The van der Waals surface area contributed by atoms with Crippen LogP contribution in [0.2, 0.25) is 0 Å². The lowest BCUT2D eigenvalue weighted by Gasteiger charge is -2.19. The molecule has 0 rings (SSSR count). The molecule has 0 unspecified atom stereocenters. The van der Waals surface area contributed by atoms with Gasteiger partial charge in [0.1, 0.15) is 12.7 Å². The molecule has 35 heavy (non-hydrogen) atoms. The van der Waals surface area contributed by atoms with Gasteiger partial charge in [-0.25, -0.2) is 0 Å². The van der Waals surface area contributed by atoms with Gasteiger partial charge in [-0.3, -0.25) is 14.4 Å². The summed E-state index contributed by atoms with van der Waals surface area (Å²) in [6, 6.07) is 0. The lowest BCUT2D eigenvalue weighted by atomic mass is 10.0. The minimum atomic E-state index is -0.953. The molecule has 206 valence electrons. The van der Waals surface area contributed by atoms with Crippen molar-refractivity contribution in [2.45, 2.75) is 142 Å². The molecule has 0 aliphatic carbocycles. The maximum Gasteiger partial charge on any atom is 0.310 e. The molecule has 0 aromatic heterocycles.